The van der Waals surface area contributed by atoms with Gasteiger partial charge >= 0.3 is 0 Å². The lowest BCUT2D eigenvalue weighted by Gasteiger charge is -2.18. The second-order valence-corrected chi connectivity index (χ2v) is 5.34. The molecule has 1 N–H and O–H groups in total. The first-order valence-electron chi connectivity index (χ1n) is 6.92. The standard InChI is InChI=1S/C15H24BrNO2/c1-4-8-18-9-10-19-15-7-6-13(16)11-14(15)12(3)17-5-2/h6-7,11-12,17H,4-5,8-10H2,1-3H3. The number of benzene rings is 1. The van der Waals surface area contributed by atoms with E-state index in [1.807, 2.05) is 12.1 Å². The van der Waals surface area contributed by atoms with Crippen LogP contribution >= 0.6 is 15.9 Å². The summed E-state index contributed by atoms with van der Waals surface area (Å²) in [5.74, 6) is 0.928. The Labute approximate surface area is 124 Å². The zero-order valence-electron chi connectivity index (χ0n) is 12.0. The summed E-state index contributed by atoms with van der Waals surface area (Å²) < 4.78 is 12.3. The SMILES string of the molecule is CCCOCCOc1ccc(Br)cc1C(C)NCC. The molecule has 0 fully saturated rings. The van der Waals surface area contributed by atoms with E-state index in [4.69, 9.17) is 9.47 Å². The van der Waals surface area contributed by atoms with Crippen molar-refractivity contribution in [2.45, 2.75) is 33.2 Å². The van der Waals surface area contributed by atoms with E-state index in [-0.39, 0.29) is 6.04 Å². The van der Waals surface area contributed by atoms with Crippen molar-refractivity contribution in [2.75, 3.05) is 26.4 Å². The highest BCUT2D eigenvalue weighted by molar-refractivity contribution is 9.10. The first-order chi connectivity index (χ1) is 9.19. The van der Waals surface area contributed by atoms with E-state index in [9.17, 15) is 0 Å². The van der Waals surface area contributed by atoms with Crippen LogP contribution in [0.5, 0.6) is 5.75 Å². The first-order valence-corrected chi connectivity index (χ1v) is 7.71. The molecule has 0 amide bonds. The molecule has 3 nitrogen and oxygen atoms in total. The van der Waals surface area contributed by atoms with Crippen LogP contribution in [0, 0.1) is 0 Å². The van der Waals surface area contributed by atoms with E-state index in [1.165, 1.54) is 5.56 Å². The quantitative estimate of drug-likeness (QED) is 0.696. The summed E-state index contributed by atoms with van der Waals surface area (Å²) in [6.07, 6.45) is 1.04. The maximum Gasteiger partial charge on any atom is 0.124 e. The van der Waals surface area contributed by atoms with Gasteiger partial charge in [-0.1, -0.05) is 29.8 Å². The van der Waals surface area contributed by atoms with E-state index < -0.39 is 0 Å². The van der Waals surface area contributed by atoms with Crippen LogP contribution in [0.15, 0.2) is 22.7 Å². The lowest BCUT2D eigenvalue weighted by Crippen LogP contribution is -2.19. The molecule has 0 saturated carbocycles. The van der Waals surface area contributed by atoms with Crippen LogP contribution < -0.4 is 10.1 Å². The molecule has 19 heavy (non-hydrogen) atoms. The van der Waals surface area contributed by atoms with Crippen molar-refractivity contribution in [3.05, 3.63) is 28.2 Å². The molecule has 1 atom stereocenters. The predicted molar refractivity (Wildman–Crippen MR) is 82.8 cm³/mol. The molecule has 0 bridgehead atoms. The maximum atomic E-state index is 5.82. The van der Waals surface area contributed by atoms with Gasteiger partial charge in [0.15, 0.2) is 0 Å². The van der Waals surface area contributed by atoms with E-state index in [1.54, 1.807) is 0 Å². The van der Waals surface area contributed by atoms with Gasteiger partial charge in [0.25, 0.3) is 0 Å². The summed E-state index contributed by atoms with van der Waals surface area (Å²) in [5.41, 5.74) is 1.17. The molecule has 1 aromatic rings. The number of nitrogens with one attached hydrogen (secondary N) is 1. The molecule has 0 radical (unpaired) electrons. The van der Waals surface area contributed by atoms with E-state index in [0.29, 0.717) is 13.2 Å². The first kappa shape index (κ1) is 16.5. The zero-order chi connectivity index (χ0) is 14.1. The van der Waals surface area contributed by atoms with Crippen molar-refractivity contribution < 1.29 is 9.47 Å². The maximum absolute atomic E-state index is 5.82. The number of hydrogen-bond donors (Lipinski definition) is 1. The molecule has 0 aliphatic carbocycles. The highest BCUT2D eigenvalue weighted by Crippen LogP contribution is 2.28. The summed E-state index contributed by atoms with van der Waals surface area (Å²) in [5, 5.41) is 3.41. The van der Waals surface area contributed by atoms with Crippen LogP contribution in [0.4, 0.5) is 0 Å². The predicted octanol–water partition coefficient (Wildman–Crippen LogP) is 3.93. The van der Waals surface area contributed by atoms with Crippen LogP contribution in [0.1, 0.15) is 38.8 Å². The minimum atomic E-state index is 0.272. The molecule has 0 heterocycles. The number of halogens is 1. The fourth-order valence-corrected chi connectivity index (χ4v) is 2.24. The zero-order valence-corrected chi connectivity index (χ0v) is 13.6. The Balaban J connectivity index is 2.60. The molecule has 0 spiro atoms. The number of ether oxygens (including phenoxy) is 2. The minimum absolute atomic E-state index is 0.272. The normalized spacial score (nSPS) is 12.4. The summed E-state index contributed by atoms with van der Waals surface area (Å²) in [4.78, 5) is 0. The van der Waals surface area contributed by atoms with Gasteiger partial charge in [0.05, 0.1) is 6.61 Å². The largest absolute Gasteiger partial charge is 0.491 e. The smallest absolute Gasteiger partial charge is 0.124 e. The molecular formula is C15H24BrNO2. The van der Waals surface area contributed by atoms with Gasteiger partial charge in [-0.2, -0.15) is 0 Å². The Morgan fingerprint density at radius 1 is 1.21 bits per heavy atom. The average molecular weight is 330 g/mol. The van der Waals surface area contributed by atoms with Crippen LogP contribution in [0.25, 0.3) is 0 Å². The number of hydrogen-bond acceptors (Lipinski definition) is 3. The fraction of sp³-hybridized carbons (Fsp3) is 0.600. The van der Waals surface area contributed by atoms with Gasteiger partial charge in [-0.05, 0) is 38.1 Å². The molecule has 0 aromatic heterocycles. The molecule has 108 valence electrons. The van der Waals surface area contributed by atoms with Crippen LogP contribution in [0.3, 0.4) is 0 Å². The molecule has 0 saturated heterocycles. The fourth-order valence-electron chi connectivity index (χ4n) is 1.86. The lowest BCUT2D eigenvalue weighted by molar-refractivity contribution is 0.100. The minimum Gasteiger partial charge on any atom is -0.491 e. The molecule has 1 rings (SSSR count). The van der Waals surface area contributed by atoms with Crippen molar-refractivity contribution in [1.29, 1.82) is 0 Å². The van der Waals surface area contributed by atoms with Crippen LogP contribution in [-0.2, 0) is 4.74 Å². The highest BCUT2D eigenvalue weighted by atomic mass is 79.9. The van der Waals surface area contributed by atoms with Crippen LogP contribution in [0.2, 0.25) is 0 Å². The summed E-state index contributed by atoms with van der Waals surface area (Å²) >= 11 is 3.51. The van der Waals surface area contributed by atoms with E-state index in [0.717, 1.165) is 29.8 Å². The third kappa shape index (κ3) is 5.93. The topological polar surface area (TPSA) is 30.5 Å². The van der Waals surface area contributed by atoms with Gasteiger partial charge in [-0.15, -0.1) is 0 Å². The van der Waals surface area contributed by atoms with Crippen molar-refractivity contribution >= 4 is 15.9 Å². The monoisotopic (exact) mass is 329 g/mol. The van der Waals surface area contributed by atoms with Crippen molar-refractivity contribution in [3.63, 3.8) is 0 Å². The van der Waals surface area contributed by atoms with Gasteiger partial charge in [0, 0.05) is 22.7 Å². The molecule has 1 aromatic carbocycles. The van der Waals surface area contributed by atoms with Crippen molar-refractivity contribution in [1.82, 2.24) is 5.32 Å². The summed E-state index contributed by atoms with van der Waals surface area (Å²) in [7, 11) is 0. The number of rotatable bonds is 9. The van der Waals surface area contributed by atoms with Gasteiger partial charge in [-0.3, -0.25) is 0 Å². The second-order valence-electron chi connectivity index (χ2n) is 4.42. The molecular weight excluding hydrogens is 306 g/mol. The Morgan fingerprint density at radius 3 is 2.68 bits per heavy atom. The molecule has 4 heteroatoms. The molecule has 0 aliphatic rings. The summed E-state index contributed by atoms with van der Waals surface area (Å²) in [6, 6.07) is 6.39. The van der Waals surface area contributed by atoms with Gasteiger partial charge in [-0.25, -0.2) is 0 Å². The Hall–Kier alpha value is -0.580. The summed E-state index contributed by atoms with van der Waals surface area (Å²) in [6.45, 7) is 9.31. The highest BCUT2D eigenvalue weighted by Gasteiger charge is 2.11. The molecule has 1 unspecified atom stereocenters. The Kier molecular flexibility index (Phi) is 8.10. The van der Waals surface area contributed by atoms with E-state index in [2.05, 4.69) is 48.1 Å². The Bertz CT molecular complexity index is 371. The van der Waals surface area contributed by atoms with Gasteiger partial charge in [0.1, 0.15) is 12.4 Å². The third-order valence-corrected chi connectivity index (χ3v) is 3.28. The van der Waals surface area contributed by atoms with Crippen LogP contribution in [-0.4, -0.2) is 26.4 Å². The second kappa shape index (κ2) is 9.34. The third-order valence-electron chi connectivity index (χ3n) is 2.78. The van der Waals surface area contributed by atoms with Crippen molar-refractivity contribution in [2.24, 2.45) is 0 Å². The van der Waals surface area contributed by atoms with Crippen molar-refractivity contribution in [3.8, 4) is 5.75 Å². The van der Waals surface area contributed by atoms with Gasteiger partial charge in [0.2, 0.25) is 0 Å². The van der Waals surface area contributed by atoms with E-state index >= 15 is 0 Å². The Morgan fingerprint density at radius 2 is 2.00 bits per heavy atom. The molecule has 0 aliphatic heterocycles. The van der Waals surface area contributed by atoms with Gasteiger partial charge < -0.3 is 14.8 Å². The average Bonchev–Trinajstić information content (AvgIpc) is 2.40. The lowest BCUT2D eigenvalue weighted by atomic mass is 10.1.